The fourth-order valence-corrected chi connectivity index (χ4v) is 3.17. The smallest absolute Gasteiger partial charge is 0.341 e. The maximum absolute atomic E-state index is 11.2. The van der Waals surface area contributed by atoms with Gasteiger partial charge in [0.25, 0.3) is 0 Å². The van der Waals surface area contributed by atoms with Gasteiger partial charge in [0.2, 0.25) is 0 Å². The van der Waals surface area contributed by atoms with E-state index in [2.05, 4.69) is 20.3 Å². The van der Waals surface area contributed by atoms with Crippen molar-refractivity contribution in [2.75, 3.05) is 18.0 Å². The van der Waals surface area contributed by atoms with Crippen LogP contribution in [0.2, 0.25) is 0 Å². The monoisotopic (exact) mass is 273 g/mol. The maximum atomic E-state index is 11.2. The first kappa shape index (κ1) is 11.7. The van der Waals surface area contributed by atoms with Gasteiger partial charge >= 0.3 is 5.97 Å². The highest BCUT2D eigenvalue weighted by molar-refractivity contribution is 5.94. The van der Waals surface area contributed by atoms with E-state index in [-0.39, 0.29) is 5.56 Å². The second-order valence-electron chi connectivity index (χ2n) is 5.46. The molecule has 2 N–H and O–H groups in total. The zero-order valence-electron chi connectivity index (χ0n) is 10.9. The molecule has 2 aromatic rings. The molecule has 0 aliphatic carbocycles. The van der Waals surface area contributed by atoms with Gasteiger partial charge in [0, 0.05) is 31.4 Å². The summed E-state index contributed by atoms with van der Waals surface area (Å²) in [6, 6.07) is 2.95. The molecular formula is C13H15N5O2. The zero-order chi connectivity index (χ0) is 13.7. The van der Waals surface area contributed by atoms with Crippen LogP contribution in [0.15, 0.2) is 18.5 Å². The molecule has 2 fully saturated rings. The third kappa shape index (κ3) is 1.74. The minimum Gasteiger partial charge on any atom is -0.477 e. The molecule has 2 unspecified atom stereocenters. The Hall–Kier alpha value is -2.15. The average Bonchev–Trinajstić information content (AvgIpc) is 3.01. The van der Waals surface area contributed by atoms with Crippen LogP contribution in [0, 0.1) is 0 Å². The number of hydrogen-bond donors (Lipinski definition) is 2. The van der Waals surface area contributed by atoms with E-state index in [4.69, 9.17) is 5.11 Å². The zero-order valence-corrected chi connectivity index (χ0v) is 10.9. The van der Waals surface area contributed by atoms with E-state index >= 15 is 0 Å². The van der Waals surface area contributed by atoms with Gasteiger partial charge in [-0.25, -0.2) is 14.3 Å². The summed E-state index contributed by atoms with van der Waals surface area (Å²) >= 11 is 0. The second-order valence-corrected chi connectivity index (χ2v) is 5.46. The van der Waals surface area contributed by atoms with Crippen LogP contribution in [0.4, 0.5) is 5.82 Å². The van der Waals surface area contributed by atoms with Gasteiger partial charge < -0.3 is 15.3 Å². The molecule has 7 heteroatoms. The van der Waals surface area contributed by atoms with E-state index in [0.29, 0.717) is 17.7 Å². The number of carbonyl (C=O) groups is 1. The molecule has 104 valence electrons. The Labute approximate surface area is 115 Å². The number of fused-ring (bicyclic) bond motifs is 3. The first-order valence-electron chi connectivity index (χ1n) is 6.79. The summed E-state index contributed by atoms with van der Waals surface area (Å²) in [5, 5.41) is 16.7. The van der Waals surface area contributed by atoms with Gasteiger partial charge in [-0.1, -0.05) is 0 Å². The third-order valence-corrected chi connectivity index (χ3v) is 4.13. The van der Waals surface area contributed by atoms with Crippen molar-refractivity contribution in [3.63, 3.8) is 0 Å². The number of carboxylic acid groups (broad SMARTS) is 1. The standard InChI is InChI=1S/C13H15N5O2/c19-13(20)10-5-14-18-4-3-11(16-12(10)18)17-6-8-1-2-9(7-17)15-8/h3-5,8-9,15H,1-2,6-7H2,(H,19,20). The highest BCUT2D eigenvalue weighted by Gasteiger charge is 2.32. The molecular weight excluding hydrogens is 258 g/mol. The number of nitrogens with zero attached hydrogens (tertiary/aromatic N) is 4. The van der Waals surface area contributed by atoms with Crippen molar-refractivity contribution >= 4 is 17.4 Å². The molecule has 2 aliphatic rings. The Bertz CT molecular complexity index is 670. The lowest BCUT2D eigenvalue weighted by molar-refractivity contribution is 0.0699. The fourth-order valence-electron chi connectivity index (χ4n) is 3.17. The minimum atomic E-state index is -0.995. The Morgan fingerprint density at radius 3 is 2.80 bits per heavy atom. The van der Waals surface area contributed by atoms with E-state index in [9.17, 15) is 4.79 Å². The summed E-state index contributed by atoms with van der Waals surface area (Å²) in [6.07, 6.45) is 5.52. The number of anilines is 1. The molecule has 0 saturated carbocycles. The molecule has 2 aliphatic heterocycles. The van der Waals surface area contributed by atoms with Gasteiger partial charge in [-0.3, -0.25) is 0 Å². The van der Waals surface area contributed by atoms with Gasteiger partial charge in [0.1, 0.15) is 11.4 Å². The molecule has 0 amide bonds. The van der Waals surface area contributed by atoms with Gasteiger partial charge in [0.05, 0.1) is 6.20 Å². The Morgan fingerprint density at radius 2 is 2.10 bits per heavy atom. The van der Waals surface area contributed by atoms with Crippen LogP contribution in [-0.4, -0.2) is 50.8 Å². The van der Waals surface area contributed by atoms with Crippen LogP contribution in [0.5, 0.6) is 0 Å². The lowest BCUT2D eigenvalue weighted by atomic mass is 10.2. The van der Waals surface area contributed by atoms with Crippen molar-refractivity contribution in [1.82, 2.24) is 19.9 Å². The van der Waals surface area contributed by atoms with Gasteiger partial charge in [0.15, 0.2) is 5.65 Å². The predicted octanol–water partition coefficient (Wildman–Crippen LogP) is 0.368. The number of nitrogens with one attached hydrogen (secondary N) is 1. The highest BCUT2D eigenvalue weighted by Crippen LogP contribution is 2.24. The van der Waals surface area contributed by atoms with Gasteiger partial charge in [-0.2, -0.15) is 5.10 Å². The highest BCUT2D eigenvalue weighted by atomic mass is 16.4. The van der Waals surface area contributed by atoms with E-state index < -0.39 is 5.97 Å². The van der Waals surface area contributed by atoms with E-state index in [1.165, 1.54) is 23.6 Å². The minimum absolute atomic E-state index is 0.143. The lowest BCUT2D eigenvalue weighted by Crippen LogP contribution is -2.51. The second kappa shape index (κ2) is 4.17. The summed E-state index contributed by atoms with van der Waals surface area (Å²) in [6.45, 7) is 1.85. The molecule has 2 saturated heterocycles. The van der Waals surface area contributed by atoms with Crippen molar-refractivity contribution < 1.29 is 9.90 Å². The van der Waals surface area contributed by atoms with Crippen LogP contribution >= 0.6 is 0 Å². The Morgan fingerprint density at radius 1 is 1.35 bits per heavy atom. The largest absolute Gasteiger partial charge is 0.477 e. The van der Waals surface area contributed by atoms with Crippen molar-refractivity contribution in [1.29, 1.82) is 0 Å². The van der Waals surface area contributed by atoms with Gasteiger partial charge in [-0.15, -0.1) is 0 Å². The molecule has 0 aromatic carbocycles. The molecule has 0 radical (unpaired) electrons. The molecule has 2 bridgehead atoms. The number of carboxylic acids is 1. The van der Waals surface area contributed by atoms with E-state index in [1.54, 1.807) is 6.20 Å². The number of aromatic carboxylic acids is 1. The van der Waals surface area contributed by atoms with Crippen molar-refractivity contribution in [2.45, 2.75) is 24.9 Å². The summed E-state index contributed by atoms with van der Waals surface area (Å²) in [7, 11) is 0. The molecule has 7 nitrogen and oxygen atoms in total. The maximum Gasteiger partial charge on any atom is 0.341 e. The summed E-state index contributed by atoms with van der Waals surface area (Å²) in [5.74, 6) is -0.163. The van der Waals surface area contributed by atoms with Crippen LogP contribution in [0.3, 0.4) is 0 Å². The van der Waals surface area contributed by atoms with Crippen LogP contribution < -0.4 is 10.2 Å². The fraction of sp³-hybridized carbons (Fsp3) is 0.462. The normalized spacial score (nSPS) is 25.3. The molecule has 4 heterocycles. The summed E-state index contributed by atoms with van der Waals surface area (Å²) < 4.78 is 1.50. The average molecular weight is 273 g/mol. The van der Waals surface area contributed by atoms with Crippen LogP contribution in [-0.2, 0) is 0 Å². The van der Waals surface area contributed by atoms with Gasteiger partial charge in [-0.05, 0) is 18.9 Å². The first-order chi connectivity index (χ1) is 9.70. The molecule has 20 heavy (non-hydrogen) atoms. The molecule has 2 aromatic heterocycles. The summed E-state index contributed by atoms with van der Waals surface area (Å²) in [4.78, 5) is 17.9. The molecule has 4 rings (SSSR count). The number of rotatable bonds is 2. The molecule has 2 atom stereocenters. The van der Waals surface area contributed by atoms with Crippen LogP contribution in [0.1, 0.15) is 23.2 Å². The van der Waals surface area contributed by atoms with Crippen molar-refractivity contribution in [3.05, 3.63) is 24.0 Å². The Kier molecular flexibility index (Phi) is 2.43. The Balaban J connectivity index is 1.73. The first-order valence-corrected chi connectivity index (χ1v) is 6.79. The van der Waals surface area contributed by atoms with Crippen molar-refractivity contribution in [2.24, 2.45) is 0 Å². The predicted molar refractivity (Wildman–Crippen MR) is 72.1 cm³/mol. The van der Waals surface area contributed by atoms with Crippen LogP contribution in [0.25, 0.3) is 5.65 Å². The van der Waals surface area contributed by atoms with Crippen molar-refractivity contribution in [3.8, 4) is 0 Å². The van der Waals surface area contributed by atoms with E-state index in [0.717, 1.165) is 18.9 Å². The third-order valence-electron chi connectivity index (χ3n) is 4.13. The summed E-state index contributed by atoms with van der Waals surface area (Å²) in [5.41, 5.74) is 0.547. The number of aromatic nitrogens is 3. The van der Waals surface area contributed by atoms with E-state index in [1.807, 2.05) is 6.07 Å². The SMILES string of the molecule is O=C(O)c1cnn2ccc(N3CC4CCC(C3)N4)nc12. The number of hydrogen-bond acceptors (Lipinski definition) is 5. The molecule has 0 spiro atoms. The number of piperazine rings is 1. The quantitative estimate of drug-likeness (QED) is 0.822. The lowest BCUT2D eigenvalue weighted by Gasteiger charge is -2.33. The topological polar surface area (TPSA) is 82.8 Å².